The summed E-state index contributed by atoms with van der Waals surface area (Å²) in [6.45, 7) is 0. The second kappa shape index (κ2) is 4.67. The van der Waals surface area contributed by atoms with Gasteiger partial charge in [0.05, 0.1) is 0 Å². The number of phenols is 1. The van der Waals surface area contributed by atoms with E-state index in [2.05, 4.69) is 12.4 Å². The van der Waals surface area contributed by atoms with E-state index in [0.29, 0.717) is 11.8 Å². The van der Waals surface area contributed by atoms with Gasteiger partial charge in [-0.05, 0) is 49.9 Å². The highest BCUT2D eigenvalue weighted by Crippen LogP contribution is 2.28. The maximum Gasteiger partial charge on any atom is 0.115 e. The number of benzene rings is 1. The summed E-state index contributed by atoms with van der Waals surface area (Å²) in [5.74, 6) is 1.12. The molecule has 0 aromatic heterocycles. The SMILES string of the molecule is CNC1CCCC1Cc1ccc(O)cc1. The molecule has 1 aliphatic rings. The lowest BCUT2D eigenvalue weighted by Gasteiger charge is -2.18. The van der Waals surface area contributed by atoms with E-state index in [9.17, 15) is 5.11 Å². The van der Waals surface area contributed by atoms with E-state index in [1.54, 1.807) is 12.1 Å². The van der Waals surface area contributed by atoms with Crippen LogP contribution in [0.25, 0.3) is 0 Å². The standard InChI is InChI=1S/C13H19NO/c1-14-13-4-2-3-11(13)9-10-5-7-12(15)8-6-10/h5-8,11,13-15H,2-4,9H2,1H3. The van der Waals surface area contributed by atoms with Crippen LogP contribution in [0.4, 0.5) is 0 Å². The first-order valence-corrected chi connectivity index (χ1v) is 5.75. The Labute approximate surface area is 91.3 Å². The molecule has 0 radical (unpaired) electrons. The Kier molecular flexibility index (Phi) is 3.27. The van der Waals surface area contributed by atoms with Crippen molar-refractivity contribution >= 4 is 0 Å². The lowest BCUT2D eigenvalue weighted by molar-refractivity contribution is 0.423. The number of aromatic hydroxyl groups is 1. The predicted octanol–water partition coefficient (Wildman–Crippen LogP) is 2.32. The fourth-order valence-electron chi connectivity index (χ4n) is 2.60. The zero-order valence-corrected chi connectivity index (χ0v) is 9.24. The van der Waals surface area contributed by atoms with Gasteiger partial charge in [-0.25, -0.2) is 0 Å². The van der Waals surface area contributed by atoms with Crippen molar-refractivity contribution in [2.24, 2.45) is 5.92 Å². The average molecular weight is 205 g/mol. The van der Waals surface area contributed by atoms with Gasteiger partial charge in [-0.3, -0.25) is 0 Å². The topological polar surface area (TPSA) is 32.3 Å². The molecule has 1 fully saturated rings. The van der Waals surface area contributed by atoms with Crippen molar-refractivity contribution < 1.29 is 5.11 Å². The maximum absolute atomic E-state index is 9.20. The highest BCUT2D eigenvalue weighted by Gasteiger charge is 2.25. The van der Waals surface area contributed by atoms with Gasteiger partial charge in [-0.1, -0.05) is 18.6 Å². The van der Waals surface area contributed by atoms with Gasteiger partial charge in [0.15, 0.2) is 0 Å². The van der Waals surface area contributed by atoms with Crippen LogP contribution in [0, 0.1) is 5.92 Å². The van der Waals surface area contributed by atoms with Crippen LogP contribution in [0.15, 0.2) is 24.3 Å². The molecule has 1 aromatic rings. The summed E-state index contributed by atoms with van der Waals surface area (Å²) >= 11 is 0. The molecule has 0 spiro atoms. The molecule has 0 aliphatic heterocycles. The summed E-state index contributed by atoms with van der Waals surface area (Å²) < 4.78 is 0. The minimum absolute atomic E-state index is 0.357. The smallest absolute Gasteiger partial charge is 0.115 e. The van der Waals surface area contributed by atoms with Gasteiger partial charge in [-0.15, -0.1) is 0 Å². The van der Waals surface area contributed by atoms with Crippen molar-refractivity contribution in [2.45, 2.75) is 31.7 Å². The third kappa shape index (κ3) is 2.51. The first-order chi connectivity index (χ1) is 7.29. The first-order valence-electron chi connectivity index (χ1n) is 5.75. The Morgan fingerprint density at radius 2 is 2.00 bits per heavy atom. The van der Waals surface area contributed by atoms with Crippen molar-refractivity contribution in [1.82, 2.24) is 5.32 Å². The summed E-state index contributed by atoms with van der Waals surface area (Å²) in [4.78, 5) is 0. The van der Waals surface area contributed by atoms with Crippen molar-refractivity contribution in [3.05, 3.63) is 29.8 Å². The van der Waals surface area contributed by atoms with Crippen LogP contribution >= 0.6 is 0 Å². The zero-order chi connectivity index (χ0) is 10.7. The molecule has 2 unspecified atom stereocenters. The van der Waals surface area contributed by atoms with Gasteiger partial charge in [0, 0.05) is 6.04 Å². The van der Waals surface area contributed by atoms with E-state index >= 15 is 0 Å². The Balaban J connectivity index is 1.99. The Bertz CT molecular complexity index is 307. The van der Waals surface area contributed by atoms with E-state index in [0.717, 1.165) is 12.3 Å². The van der Waals surface area contributed by atoms with Crippen LogP contribution in [0.3, 0.4) is 0 Å². The van der Waals surface area contributed by atoms with Crippen molar-refractivity contribution in [2.75, 3.05) is 7.05 Å². The van der Waals surface area contributed by atoms with E-state index in [1.165, 1.54) is 24.8 Å². The van der Waals surface area contributed by atoms with Gasteiger partial charge < -0.3 is 10.4 Å². The third-order valence-electron chi connectivity index (χ3n) is 3.46. The van der Waals surface area contributed by atoms with Gasteiger partial charge in [0.25, 0.3) is 0 Å². The van der Waals surface area contributed by atoms with Crippen LogP contribution in [-0.4, -0.2) is 18.2 Å². The molecular formula is C13H19NO. The lowest BCUT2D eigenvalue weighted by atomic mass is 9.95. The van der Waals surface area contributed by atoms with Gasteiger partial charge in [0.2, 0.25) is 0 Å². The molecule has 0 bridgehead atoms. The summed E-state index contributed by atoms with van der Waals surface area (Å²) in [7, 11) is 2.06. The fourth-order valence-corrected chi connectivity index (χ4v) is 2.60. The summed E-state index contributed by atoms with van der Waals surface area (Å²) in [5.41, 5.74) is 1.33. The maximum atomic E-state index is 9.20. The normalized spacial score (nSPS) is 25.7. The van der Waals surface area contributed by atoms with Crippen LogP contribution in [0.1, 0.15) is 24.8 Å². The highest BCUT2D eigenvalue weighted by atomic mass is 16.3. The molecule has 2 nitrogen and oxygen atoms in total. The number of phenolic OH excluding ortho intramolecular Hbond substituents is 1. The van der Waals surface area contributed by atoms with E-state index in [4.69, 9.17) is 0 Å². The predicted molar refractivity (Wildman–Crippen MR) is 62.0 cm³/mol. The van der Waals surface area contributed by atoms with Gasteiger partial charge in [-0.2, -0.15) is 0 Å². The Morgan fingerprint density at radius 3 is 2.67 bits per heavy atom. The van der Waals surface area contributed by atoms with Gasteiger partial charge >= 0.3 is 0 Å². The minimum Gasteiger partial charge on any atom is -0.508 e. The molecule has 2 N–H and O–H groups in total. The zero-order valence-electron chi connectivity index (χ0n) is 9.24. The first kappa shape index (κ1) is 10.5. The van der Waals surface area contributed by atoms with E-state index < -0.39 is 0 Å². The van der Waals surface area contributed by atoms with Crippen molar-refractivity contribution in [3.63, 3.8) is 0 Å². The molecule has 2 rings (SSSR count). The molecule has 82 valence electrons. The summed E-state index contributed by atoms with van der Waals surface area (Å²) in [6.07, 6.45) is 5.10. The molecule has 2 atom stereocenters. The van der Waals surface area contributed by atoms with Gasteiger partial charge in [0.1, 0.15) is 5.75 Å². The van der Waals surface area contributed by atoms with Crippen LogP contribution < -0.4 is 5.32 Å². The number of nitrogens with one attached hydrogen (secondary N) is 1. The van der Waals surface area contributed by atoms with Crippen molar-refractivity contribution in [3.8, 4) is 5.75 Å². The largest absolute Gasteiger partial charge is 0.508 e. The lowest BCUT2D eigenvalue weighted by Crippen LogP contribution is -2.29. The molecule has 0 heterocycles. The second-order valence-electron chi connectivity index (χ2n) is 4.46. The Morgan fingerprint density at radius 1 is 1.27 bits per heavy atom. The quantitative estimate of drug-likeness (QED) is 0.793. The second-order valence-corrected chi connectivity index (χ2v) is 4.46. The number of hydrogen-bond donors (Lipinski definition) is 2. The van der Waals surface area contributed by atoms with E-state index in [-0.39, 0.29) is 0 Å². The molecule has 0 amide bonds. The molecular weight excluding hydrogens is 186 g/mol. The fraction of sp³-hybridized carbons (Fsp3) is 0.538. The summed E-state index contributed by atoms with van der Waals surface area (Å²) in [5, 5.41) is 12.6. The molecule has 0 saturated heterocycles. The molecule has 2 heteroatoms. The molecule has 1 aliphatic carbocycles. The average Bonchev–Trinajstić information content (AvgIpc) is 2.69. The highest BCUT2D eigenvalue weighted by molar-refractivity contribution is 5.26. The minimum atomic E-state index is 0.357. The third-order valence-corrected chi connectivity index (χ3v) is 3.46. The number of hydrogen-bond acceptors (Lipinski definition) is 2. The van der Waals surface area contributed by atoms with Crippen LogP contribution in [-0.2, 0) is 6.42 Å². The molecule has 15 heavy (non-hydrogen) atoms. The monoisotopic (exact) mass is 205 g/mol. The Hall–Kier alpha value is -1.02. The summed E-state index contributed by atoms with van der Waals surface area (Å²) in [6, 6.07) is 8.29. The molecule has 1 saturated carbocycles. The molecule has 1 aromatic carbocycles. The van der Waals surface area contributed by atoms with Crippen LogP contribution in [0.5, 0.6) is 5.75 Å². The number of rotatable bonds is 3. The van der Waals surface area contributed by atoms with E-state index in [1.807, 2.05) is 12.1 Å². The van der Waals surface area contributed by atoms with Crippen LogP contribution in [0.2, 0.25) is 0 Å². The van der Waals surface area contributed by atoms with Crippen molar-refractivity contribution in [1.29, 1.82) is 0 Å².